The molecule has 1 aromatic heterocycles. The van der Waals surface area contributed by atoms with Gasteiger partial charge in [0.25, 0.3) is 5.91 Å². The summed E-state index contributed by atoms with van der Waals surface area (Å²) in [6.07, 6.45) is 5.59. The molecule has 1 atom stereocenters. The number of hydrogen-bond donors (Lipinski definition) is 0. The van der Waals surface area contributed by atoms with Crippen molar-refractivity contribution >= 4 is 15.7 Å². The minimum atomic E-state index is -3.24. The zero-order chi connectivity index (χ0) is 17.2. The quantitative estimate of drug-likeness (QED) is 0.849. The molecule has 0 saturated carbocycles. The van der Waals surface area contributed by atoms with Crippen LogP contribution in [0.3, 0.4) is 0 Å². The molecule has 0 bridgehead atoms. The van der Waals surface area contributed by atoms with Crippen molar-refractivity contribution in [2.45, 2.75) is 30.7 Å². The molecule has 1 aliphatic heterocycles. The maximum absolute atomic E-state index is 12.7. The van der Waals surface area contributed by atoms with E-state index >= 15 is 0 Å². The van der Waals surface area contributed by atoms with Gasteiger partial charge in [0.15, 0.2) is 9.84 Å². The van der Waals surface area contributed by atoms with E-state index in [0.717, 1.165) is 12.8 Å². The van der Waals surface area contributed by atoms with Crippen molar-refractivity contribution in [3.05, 3.63) is 48.3 Å². The molecule has 2 heterocycles. The number of benzene rings is 1. The second-order valence-electron chi connectivity index (χ2n) is 5.96. The van der Waals surface area contributed by atoms with Crippen LogP contribution < -0.4 is 0 Å². The van der Waals surface area contributed by atoms with Gasteiger partial charge in [-0.15, -0.1) is 0 Å². The van der Waals surface area contributed by atoms with Crippen molar-refractivity contribution in [2.24, 2.45) is 0 Å². The van der Waals surface area contributed by atoms with E-state index in [0.29, 0.717) is 18.7 Å². The minimum absolute atomic E-state index is 0.0535. The van der Waals surface area contributed by atoms with E-state index in [-0.39, 0.29) is 22.6 Å². The third-order valence-electron chi connectivity index (χ3n) is 4.42. The summed E-state index contributed by atoms with van der Waals surface area (Å²) < 4.78 is 25.6. The van der Waals surface area contributed by atoms with E-state index in [1.165, 1.54) is 12.1 Å². The summed E-state index contributed by atoms with van der Waals surface area (Å²) in [5.41, 5.74) is 0.520. The first kappa shape index (κ1) is 16.7. The minimum Gasteiger partial charge on any atom is -0.337 e. The summed E-state index contributed by atoms with van der Waals surface area (Å²) >= 11 is 0. The maximum Gasteiger partial charge on any atom is 0.253 e. The van der Waals surface area contributed by atoms with Crippen molar-refractivity contribution in [1.82, 2.24) is 14.7 Å². The SMILES string of the molecule is CCS(=O)(=O)c1ccc(C(=O)N2CCC[C@H](n3cccn3)C2)cc1. The molecule has 1 aromatic carbocycles. The van der Waals surface area contributed by atoms with Gasteiger partial charge in [-0.25, -0.2) is 8.42 Å². The number of likely N-dealkylation sites (tertiary alicyclic amines) is 1. The standard InChI is InChI=1S/C17H21N3O3S/c1-2-24(22,23)16-8-6-14(7-9-16)17(21)19-11-3-5-15(13-19)20-12-4-10-18-20/h4,6-10,12,15H,2-3,5,11,13H2,1H3/t15-/m0/s1. The number of aromatic nitrogens is 2. The molecule has 1 saturated heterocycles. The molecule has 0 spiro atoms. The summed E-state index contributed by atoms with van der Waals surface area (Å²) in [7, 11) is -3.24. The number of carbonyl (C=O) groups is 1. The highest BCUT2D eigenvalue weighted by atomic mass is 32.2. The van der Waals surface area contributed by atoms with Crippen LogP contribution in [-0.2, 0) is 9.84 Å². The molecular weight excluding hydrogens is 326 g/mol. The lowest BCUT2D eigenvalue weighted by Gasteiger charge is -2.33. The first-order chi connectivity index (χ1) is 11.5. The molecule has 0 radical (unpaired) electrons. The average molecular weight is 347 g/mol. The number of hydrogen-bond acceptors (Lipinski definition) is 4. The lowest BCUT2D eigenvalue weighted by atomic mass is 10.0. The van der Waals surface area contributed by atoms with Crippen molar-refractivity contribution in [3.63, 3.8) is 0 Å². The van der Waals surface area contributed by atoms with Crippen LogP contribution in [0, 0.1) is 0 Å². The van der Waals surface area contributed by atoms with Gasteiger partial charge in [0.1, 0.15) is 0 Å². The Morgan fingerprint density at radius 3 is 2.67 bits per heavy atom. The van der Waals surface area contributed by atoms with Gasteiger partial charge in [0, 0.05) is 31.0 Å². The molecular formula is C17H21N3O3S. The molecule has 1 aliphatic rings. The summed E-state index contributed by atoms with van der Waals surface area (Å²) in [5.74, 6) is -0.00914. The Hall–Kier alpha value is -2.15. The number of nitrogens with zero attached hydrogens (tertiary/aromatic N) is 3. The van der Waals surface area contributed by atoms with Crippen LogP contribution >= 0.6 is 0 Å². The number of rotatable bonds is 4. The van der Waals surface area contributed by atoms with Crippen LogP contribution in [0.4, 0.5) is 0 Å². The zero-order valence-corrected chi connectivity index (χ0v) is 14.4. The van der Waals surface area contributed by atoms with Gasteiger partial charge in [0.2, 0.25) is 0 Å². The summed E-state index contributed by atoms with van der Waals surface area (Å²) in [6, 6.07) is 8.30. The van der Waals surface area contributed by atoms with Gasteiger partial charge in [-0.3, -0.25) is 9.48 Å². The Morgan fingerprint density at radius 1 is 1.29 bits per heavy atom. The van der Waals surface area contributed by atoms with E-state index in [2.05, 4.69) is 5.10 Å². The van der Waals surface area contributed by atoms with Crippen LogP contribution in [0.15, 0.2) is 47.6 Å². The summed E-state index contributed by atoms with van der Waals surface area (Å²) in [5, 5.41) is 4.27. The van der Waals surface area contributed by atoms with E-state index in [1.54, 1.807) is 25.3 Å². The van der Waals surface area contributed by atoms with Crippen molar-refractivity contribution in [2.75, 3.05) is 18.8 Å². The fourth-order valence-corrected chi connectivity index (χ4v) is 3.89. The van der Waals surface area contributed by atoms with Gasteiger partial charge in [-0.05, 0) is 43.2 Å². The molecule has 0 N–H and O–H groups in total. The number of piperidine rings is 1. The fraction of sp³-hybridized carbons (Fsp3) is 0.412. The van der Waals surface area contributed by atoms with E-state index in [4.69, 9.17) is 0 Å². The Labute approximate surface area is 142 Å². The number of carbonyl (C=O) groups excluding carboxylic acids is 1. The molecule has 6 nitrogen and oxygen atoms in total. The second kappa shape index (κ2) is 6.76. The zero-order valence-electron chi connectivity index (χ0n) is 13.6. The molecule has 3 rings (SSSR count). The second-order valence-corrected chi connectivity index (χ2v) is 8.24. The maximum atomic E-state index is 12.7. The smallest absolute Gasteiger partial charge is 0.253 e. The van der Waals surface area contributed by atoms with E-state index in [1.807, 2.05) is 21.8 Å². The molecule has 24 heavy (non-hydrogen) atoms. The summed E-state index contributed by atoms with van der Waals surface area (Å²) in [4.78, 5) is 14.8. The Bertz CT molecular complexity index is 798. The number of amides is 1. The van der Waals surface area contributed by atoms with Crippen LogP contribution in [0.25, 0.3) is 0 Å². The van der Waals surface area contributed by atoms with Crippen molar-refractivity contribution in [1.29, 1.82) is 0 Å². The topological polar surface area (TPSA) is 72.3 Å². The van der Waals surface area contributed by atoms with Gasteiger partial charge < -0.3 is 4.90 Å². The van der Waals surface area contributed by atoms with Crippen LogP contribution in [-0.4, -0.2) is 47.8 Å². The van der Waals surface area contributed by atoms with E-state index in [9.17, 15) is 13.2 Å². The summed E-state index contributed by atoms with van der Waals surface area (Å²) in [6.45, 7) is 2.94. The molecule has 128 valence electrons. The highest BCUT2D eigenvalue weighted by Crippen LogP contribution is 2.22. The van der Waals surface area contributed by atoms with E-state index < -0.39 is 9.84 Å². The van der Waals surface area contributed by atoms with Gasteiger partial charge in [0.05, 0.1) is 16.7 Å². The predicted molar refractivity (Wildman–Crippen MR) is 90.6 cm³/mol. The molecule has 2 aromatic rings. The normalized spacial score (nSPS) is 18.5. The molecule has 7 heteroatoms. The van der Waals surface area contributed by atoms with Crippen molar-refractivity contribution in [3.8, 4) is 0 Å². The average Bonchev–Trinajstić information content (AvgIpc) is 3.16. The first-order valence-electron chi connectivity index (χ1n) is 8.12. The molecule has 1 amide bonds. The largest absolute Gasteiger partial charge is 0.337 e. The Morgan fingerprint density at radius 2 is 2.04 bits per heavy atom. The lowest BCUT2D eigenvalue weighted by molar-refractivity contribution is 0.0673. The van der Waals surface area contributed by atoms with Gasteiger partial charge in [-0.2, -0.15) is 5.10 Å². The first-order valence-corrected chi connectivity index (χ1v) is 9.77. The predicted octanol–water partition coefficient (Wildman–Crippen LogP) is 2.15. The molecule has 0 unspecified atom stereocenters. The number of sulfone groups is 1. The van der Waals surface area contributed by atoms with Gasteiger partial charge >= 0.3 is 0 Å². The highest BCUT2D eigenvalue weighted by Gasteiger charge is 2.26. The highest BCUT2D eigenvalue weighted by molar-refractivity contribution is 7.91. The lowest BCUT2D eigenvalue weighted by Crippen LogP contribution is -2.40. The third kappa shape index (κ3) is 3.36. The van der Waals surface area contributed by atoms with Crippen LogP contribution in [0.2, 0.25) is 0 Å². The monoisotopic (exact) mass is 347 g/mol. The fourth-order valence-electron chi connectivity index (χ4n) is 3.01. The molecule has 0 aliphatic carbocycles. The Balaban J connectivity index is 1.74. The third-order valence-corrected chi connectivity index (χ3v) is 6.17. The van der Waals surface area contributed by atoms with Crippen molar-refractivity contribution < 1.29 is 13.2 Å². The molecule has 1 fully saturated rings. The van der Waals surface area contributed by atoms with Gasteiger partial charge in [-0.1, -0.05) is 6.92 Å². The Kier molecular flexibility index (Phi) is 4.71. The van der Waals surface area contributed by atoms with Crippen LogP contribution in [0.1, 0.15) is 36.2 Å². The van der Waals surface area contributed by atoms with Crippen LogP contribution in [0.5, 0.6) is 0 Å².